The number of benzene rings is 2. The van der Waals surface area contributed by atoms with Gasteiger partial charge in [-0.05, 0) is 98.6 Å². The standard InChI is InChI=1S/C35H44ClN3O2/c1-5-9-14-35-37-34(28-15-18-30(19-16-28)40-24-11-23-38(7-3)8-4)26-39(35)29-12-10-13-31(20-17-29)41-32-21-22-33(36)27(6-2)25-32/h10,12,15-22,25-26H,5-9,11,13-14,23-24H2,1-4H3. The van der Waals surface area contributed by atoms with Crippen molar-refractivity contribution in [3.8, 4) is 22.8 Å². The number of aromatic nitrogens is 2. The molecule has 0 amide bonds. The van der Waals surface area contributed by atoms with Gasteiger partial charge in [0.2, 0.25) is 0 Å². The average molecular weight is 574 g/mol. The molecule has 1 heterocycles. The molecule has 0 bridgehead atoms. The fourth-order valence-corrected chi connectivity index (χ4v) is 5.15. The molecule has 0 atom stereocenters. The number of imidazole rings is 1. The lowest BCUT2D eigenvalue weighted by Gasteiger charge is -2.17. The molecule has 3 aromatic rings. The molecule has 0 aliphatic heterocycles. The van der Waals surface area contributed by atoms with E-state index < -0.39 is 0 Å². The zero-order chi connectivity index (χ0) is 29.0. The van der Waals surface area contributed by atoms with Crippen LogP contribution in [0.2, 0.25) is 5.02 Å². The SMILES string of the molecule is CCCCc1nc(-c2ccc(OCCCN(CC)CC)cc2)cn1C1=CC=C(Oc2ccc(Cl)c(CC)c2)CC=C1. The van der Waals surface area contributed by atoms with Crippen molar-refractivity contribution in [3.63, 3.8) is 0 Å². The highest BCUT2D eigenvalue weighted by Crippen LogP contribution is 2.28. The normalized spacial score (nSPS) is 13.2. The molecular formula is C35H44ClN3O2. The Morgan fingerprint density at radius 1 is 0.951 bits per heavy atom. The fraction of sp³-hybridized carbons (Fsp3) is 0.400. The van der Waals surface area contributed by atoms with Crippen LogP contribution in [0.3, 0.4) is 0 Å². The summed E-state index contributed by atoms with van der Waals surface area (Å²) in [6.07, 6.45) is 16.4. The molecule has 4 rings (SSSR count). The van der Waals surface area contributed by atoms with Crippen LogP contribution in [-0.4, -0.2) is 40.7 Å². The van der Waals surface area contributed by atoms with Crippen LogP contribution in [0, 0.1) is 0 Å². The van der Waals surface area contributed by atoms with E-state index in [-0.39, 0.29) is 0 Å². The number of aryl methyl sites for hydroxylation is 2. The quantitative estimate of drug-likeness (QED) is 0.170. The molecule has 2 aromatic carbocycles. The minimum atomic E-state index is 0.715. The molecule has 0 saturated carbocycles. The van der Waals surface area contributed by atoms with E-state index in [0.29, 0.717) is 6.42 Å². The van der Waals surface area contributed by atoms with Crippen LogP contribution in [0.15, 0.2) is 78.7 Å². The van der Waals surface area contributed by atoms with Crippen LogP contribution in [0.4, 0.5) is 0 Å². The Kier molecular flexibility index (Phi) is 11.7. The Morgan fingerprint density at radius 3 is 2.46 bits per heavy atom. The highest BCUT2D eigenvalue weighted by molar-refractivity contribution is 6.31. The molecule has 0 radical (unpaired) electrons. The maximum absolute atomic E-state index is 6.29. The second-order valence-electron chi connectivity index (χ2n) is 10.3. The van der Waals surface area contributed by atoms with Crippen molar-refractivity contribution >= 4 is 17.3 Å². The summed E-state index contributed by atoms with van der Waals surface area (Å²) in [5.41, 5.74) is 4.22. The predicted octanol–water partition coefficient (Wildman–Crippen LogP) is 8.98. The maximum Gasteiger partial charge on any atom is 0.127 e. The molecule has 0 saturated heterocycles. The van der Waals surface area contributed by atoms with Crippen LogP contribution in [0.25, 0.3) is 17.0 Å². The first-order chi connectivity index (χ1) is 20.0. The van der Waals surface area contributed by atoms with Gasteiger partial charge in [-0.3, -0.25) is 0 Å². The third-order valence-corrected chi connectivity index (χ3v) is 7.81. The molecule has 218 valence electrons. The molecule has 41 heavy (non-hydrogen) atoms. The van der Waals surface area contributed by atoms with Gasteiger partial charge < -0.3 is 18.9 Å². The van der Waals surface area contributed by atoms with E-state index in [0.717, 1.165) is 109 Å². The predicted molar refractivity (Wildman–Crippen MR) is 172 cm³/mol. The summed E-state index contributed by atoms with van der Waals surface area (Å²) < 4.78 is 14.4. The van der Waals surface area contributed by atoms with Crippen LogP contribution in [-0.2, 0) is 12.8 Å². The van der Waals surface area contributed by atoms with E-state index in [1.165, 1.54) is 0 Å². The van der Waals surface area contributed by atoms with Crippen LogP contribution in [0.1, 0.15) is 64.8 Å². The van der Waals surface area contributed by atoms with Crippen LogP contribution < -0.4 is 9.47 Å². The van der Waals surface area contributed by atoms with Crippen molar-refractivity contribution in [1.29, 1.82) is 0 Å². The Morgan fingerprint density at radius 2 is 1.73 bits per heavy atom. The minimum Gasteiger partial charge on any atom is -0.494 e. The Bertz CT molecular complexity index is 1350. The zero-order valence-electron chi connectivity index (χ0n) is 25.0. The van der Waals surface area contributed by atoms with Crippen molar-refractivity contribution in [2.75, 3.05) is 26.2 Å². The second kappa shape index (κ2) is 15.6. The van der Waals surface area contributed by atoms with Crippen LogP contribution >= 0.6 is 11.6 Å². The molecule has 1 aliphatic carbocycles. The first-order valence-corrected chi connectivity index (χ1v) is 15.5. The number of ether oxygens (including phenoxy) is 2. The zero-order valence-corrected chi connectivity index (χ0v) is 25.8. The third-order valence-electron chi connectivity index (χ3n) is 7.44. The lowest BCUT2D eigenvalue weighted by molar-refractivity contribution is 0.249. The highest BCUT2D eigenvalue weighted by Gasteiger charge is 2.13. The number of nitrogens with zero attached hydrogens (tertiary/aromatic N) is 3. The van der Waals surface area contributed by atoms with Gasteiger partial charge in [-0.15, -0.1) is 0 Å². The average Bonchev–Trinajstić information content (AvgIpc) is 3.29. The maximum atomic E-state index is 6.29. The number of hydrogen-bond acceptors (Lipinski definition) is 4. The van der Waals surface area contributed by atoms with Crippen molar-refractivity contribution in [3.05, 3.63) is 95.1 Å². The van der Waals surface area contributed by atoms with E-state index in [1.54, 1.807) is 0 Å². The van der Waals surface area contributed by atoms with Crippen LogP contribution in [0.5, 0.6) is 11.5 Å². The van der Waals surface area contributed by atoms with Crippen molar-refractivity contribution < 1.29 is 9.47 Å². The van der Waals surface area contributed by atoms with Gasteiger partial charge in [-0.2, -0.15) is 0 Å². The monoisotopic (exact) mass is 573 g/mol. The molecule has 0 unspecified atom stereocenters. The summed E-state index contributed by atoms with van der Waals surface area (Å²) in [7, 11) is 0. The minimum absolute atomic E-state index is 0.715. The molecular weight excluding hydrogens is 530 g/mol. The molecule has 0 fully saturated rings. The molecule has 0 spiro atoms. The molecule has 1 aromatic heterocycles. The van der Waals surface area contributed by atoms with Crippen molar-refractivity contribution in [2.45, 2.75) is 66.2 Å². The highest BCUT2D eigenvalue weighted by atomic mass is 35.5. The number of hydrogen-bond donors (Lipinski definition) is 0. The summed E-state index contributed by atoms with van der Waals surface area (Å²) in [6, 6.07) is 14.2. The van der Waals surface area contributed by atoms with E-state index in [4.69, 9.17) is 26.1 Å². The van der Waals surface area contributed by atoms with E-state index in [2.05, 4.69) is 91.9 Å². The van der Waals surface area contributed by atoms with Gasteiger partial charge in [-0.1, -0.05) is 51.8 Å². The topological polar surface area (TPSA) is 39.5 Å². The Labute approximate surface area is 251 Å². The largest absolute Gasteiger partial charge is 0.494 e. The second-order valence-corrected chi connectivity index (χ2v) is 10.7. The number of allylic oxidation sites excluding steroid dienone is 5. The fourth-order valence-electron chi connectivity index (χ4n) is 4.90. The first kappa shape index (κ1) is 30.7. The van der Waals surface area contributed by atoms with Gasteiger partial charge in [0.1, 0.15) is 23.1 Å². The van der Waals surface area contributed by atoms with Crippen molar-refractivity contribution in [2.24, 2.45) is 0 Å². The van der Waals surface area contributed by atoms with Gasteiger partial charge in [0.05, 0.1) is 12.3 Å². The number of rotatable bonds is 15. The van der Waals surface area contributed by atoms with Gasteiger partial charge in [-0.25, -0.2) is 4.98 Å². The summed E-state index contributed by atoms with van der Waals surface area (Å²) in [5, 5.41) is 0.778. The first-order valence-electron chi connectivity index (χ1n) is 15.1. The molecule has 5 nitrogen and oxygen atoms in total. The molecule has 1 aliphatic rings. The Balaban J connectivity index is 1.48. The molecule has 6 heteroatoms. The number of halogens is 1. The van der Waals surface area contributed by atoms with Crippen molar-refractivity contribution in [1.82, 2.24) is 14.5 Å². The van der Waals surface area contributed by atoms with E-state index >= 15 is 0 Å². The number of unbranched alkanes of at least 4 members (excludes halogenated alkanes) is 1. The third kappa shape index (κ3) is 8.61. The van der Waals surface area contributed by atoms with E-state index in [9.17, 15) is 0 Å². The summed E-state index contributed by atoms with van der Waals surface area (Å²) in [6.45, 7) is 12.7. The van der Waals surface area contributed by atoms with Gasteiger partial charge in [0.25, 0.3) is 0 Å². The summed E-state index contributed by atoms with van der Waals surface area (Å²) >= 11 is 6.29. The lowest BCUT2D eigenvalue weighted by Crippen LogP contribution is -2.25. The van der Waals surface area contributed by atoms with Gasteiger partial charge in [0.15, 0.2) is 0 Å². The Hall–Kier alpha value is -3.28. The molecule has 0 N–H and O–H groups in total. The van der Waals surface area contributed by atoms with Gasteiger partial charge >= 0.3 is 0 Å². The summed E-state index contributed by atoms with van der Waals surface area (Å²) in [4.78, 5) is 7.48. The van der Waals surface area contributed by atoms with E-state index in [1.807, 2.05) is 18.2 Å². The smallest absolute Gasteiger partial charge is 0.127 e. The van der Waals surface area contributed by atoms with Gasteiger partial charge in [0, 0.05) is 41.9 Å². The lowest BCUT2D eigenvalue weighted by atomic mass is 10.1. The summed E-state index contributed by atoms with van der Waals surface area (Å²) in [5.74, 6) is 3.67.